The van der Waals surface area contributed by atoms with Gasteiger partial charge >= 0.3 is 0 Å². The molecule has 5 heteroatoms. The lowest BCUT2D eigenvalue weighted by Crippen LogP contribution is -2.35. The summed E-state index contributed by atoms with van der Waals surface area (Å²) in [5, 5.41) is 8.92. The molecule has 0 unspecified atom stereocenters. The lowest BCUT2D eigenvalue weighted by molar-refractivity contribution is -0.119. The van der Waals surface area contributed by atoms with Crippen molar-refractivity contribution in [3.8, 4) is 0 Å². The van der Waals surface area contributed by atoms with Crippen LogP contribution in [-0.2, 0) is 11.3 Å². The standard InChI is InChI=1S/C17H27N3O2/c1-13(21)20-11-14-6-5-7-15(10-14)16(22)19-9-8-18-12-17(2,3)4/h5-7,10,18H,8-9,11-12H2,1-4H3,(H,19,22)(H,20,21). The van der Waals surface area contributed by atoms with Gasteiger partial charge in [0.15, 0.2) is 0 Å². The minimum absolute atomic E-state index is 0.0835. The van der Waals surface area contributed by atoms with E-state index in [1.165, 1.54) is 6.92 Å². The highest BCUT2D eigenvalue weighted by atomic mass is 16.2. The Labute approximate surface area is 132 Å². The maximum atomic E-state index is 12.1. The third-order valence-electron chi connectivity index (χ3n) is 2.97. The quantitative estimate of drug-likeness (QED) is 0.671. The summed E-state index contributed by atoms with van der Waals surface area (Å²) in [5.74, 6) is -0.179. The number of benzene rings is 1. The summed E-state index contributed by atoms with van der Waals surface area (Å²) in [5.41, 5.74) is 1.76. The first-order valence-electron chi connectivity index (χ1n) is 7.60. The van der Waals surface area contributed by atoms with Crippen molar-refractivity contribution < 1.29 is 9.59 Å². The van der Waals surface area contributed by atoms with Gasteiger partial charge in [-0.05, 0) is 23.1 Å². The first kappa shape index (κ1) is 18.2. The Balaban J connectivity index is 2.39. The van der Waals surface area contributed by atoms with Crippen molar-refractivity contribution in [3.63, 3.8) is 0 Å². The molecule has 0 spiro atoms. The second kappa shape index (κ2) is 8.54. The second-order valence-corrected chi connectivity index (χ2v) is 6.60. The summed E-state index contributed by atoms with van der Waals surface area (Å²) in [4.78, 5) is 23.0. The maximum absolute atomic E-state index is 12.1. The maximum Gasteiger partial charge on any atom is 0.251 e. The Bertz CT molecular complexity index is 507. The molecule has 0 aromatic heterocycles. The Kier molecular flexibility index (Phi) is 7.05. The van der Waals surface area contributed by atoms with E-state index in [1.807, 2.05) is 12.1 Å². The molecule has 5 nitrogen and oxygen atoms in total. The molecule has 22 heavy (non-hydrogen) atoms. The van der Waals surface area contributed by atoms with Gasteiger partial charge in [-0.2, -0.15) is 0 Å². The molecule has 122 valence electrons. The van der Waals surface area contributed by atoms with Gasteiger partial charge in [-0.1, -0.05) is 32.9 Å². The van der Waals surface area contributed by atoms with Gasteiger partial charge in [0.2, 0.25) is 5.91 Å². The summed E-state index contributed by atoms with van der Waals surface area (Å²) in [7, 11) is 0. The number of carbonyl (C=O) groups excluding carboxylic acids is 2. The molecule has 0 radical (unpaired) electrons. The van der Waals surface area contributed by atoms with Crippen LogP contribution in [0.25, 0.3) is 0 Å². The zero-order valence-corrected chi connectivity index (χ0v) is 14.0. The van der Waals surface area contributed by atoms with Gasteiger partial charge in [0.25, 0.3) is 5.91 Å². The molecule has 1 aromatic carbocycles. The van der Waals surface area contributed by atoms with Gasteiger partial charge in [0.05, 0.1) is 0 Å². The molecule has 3 N–H and O–H groups in total. The Morgan fingerprint density at radius 3 is 2.45 bits per heavy atom. The summed E-state index contributed by atoms with van der Waals surface area (Å²) in [6.45, 7) is 10.6. The van der Waals surface area contributed by atoms with Gasteiger partial charge in [-0.15, -0.1) is 0 Å². The SMILES string of the molecule is CC(=O)NCc1cccc(C(=O)NCCNCC(C)(C)C)c1. The van der Waals surface area contributed by atoms with Crippen LogP contribution in [0.2, 0.25) is 0 Å². The summed E-state index contributed by atoms with van der Waals surface area (Å²) >= 11 is 0. The number of rotatable bonds is 7. The number of nitrogens with one attached hydrogen (secondary N) is 3. The van der Waals surface area contributed by atoms with E-state index >= 15 is 0 Å². The number of hydrogen-bond donors (Lipinski definition) is 3. The predicted molar refractivity (Wildman–Crippen MR) is 88.6 cm³/mol. The van der Waals surface area contributed by atoms with E-state index in [0.717, 1.165) is 18.7 Å². The van der Waals surface area contributed by atoms with Crippen molar-refractivity contribution in [2.45, 2.75) is 34.2 Å². The number of hydrogen-bond acceptors (Lipinski definition) is 3. The van der Waals surface area contributed by atoms with Crippen LogP contribution in [0.4, 0.5) is 0 Å². The highest BCUT2D eigenvalue weighted by Gasteiger charge is 2.09. The monoisotopic (exact) mass is 305 g/mol. The van der Waals surface area contributed by atoms with Crippen molar-refractivity contribution in [1.82, 2.24) is 16.0 Å². The minimum Gasteiger partial charge on any atom is -0.352 e. The van der Waals surface area contributed by atoms with Crippen LogP contribution >= 0.6 is 0 Å². The summed E-state index contributed by atoms with van der Waals surface area (Å²) in [6, 6.07) is 7.28. The van der Waals surface area contributed by atoms with Crippen LogP contribution < -0.4 is 16.0 Å². The van der Waals surface area contributed by atoms with Crippen LogP contribution in [0, 0.1) is 5.41 Å². The molecule has 0 aliphatic rings. The van der Waals surface area contributed by atoms with E-state index in [0.29, 0.717) is 18.7 Å². The number of amides is 2. The minimum atomic E-state index is -0.0952. The normalized spacial score (nSPS) is 11.1. The first-order valence-corrected chi connectivity index (χ1v) is 7.60. The lowest BCUT2D eigenvalue weighted by Gasteiger charge is -2.18. The Hall–Kier alpha value is -1.88. The summed E-state index contributed by atoms with van der Waals surface area (Å²) in [6.07, 6.45) is 0. The number of carbonyl (C=O) groups is 2. The smallest absolute Gasteiger partial charge is 0.251 e. The second-order valence-electron chi connectivity index (χ2n) is 6.60. The molecule has 1 aromatic rings. The van der Waals surface area contributed by atoms with Crippen LogP contribution in [0.3, 0.4) is 0 Å². The van der Waals surface area contributed by atoms with Crippen molar-refractivity contribution in [1.29, 1.82) is 0 Å². The average molecular weight is 305 g/mol. The van der Waals surface area contributed by atoms with Crippen molar-refractivity contribution >= 4 is 11.8 Å². The largest absolute Gasteiger partial charge is 0.352 e. The van der Waals surface area contributed by atoms with E-state index in [9.17, 15) is 9.59 Å². The molecule has 0 heterocycles. The van der Waals surface area contributed by atoms with Gasteiger partial charge < -0.3 is 16.0 Å². The molecule has 1 rings (SSSR count). The van der Waals surface area contributed by atoms with Gasteiger partial charge in [-0.25, -0.2) is 0 Å². The van der Waals surface area contributed by atoms with Crippen LogP contribution in [0.1, 0.15) is 43.6 Å². The fourth-order valence-corrected chi connectivity index (χ4v) is 1.88. The molecule has 2 amide bonds. The van der Waals surface area contributed by atoms with Crippen LogP contribution in [0.5, 0.6) is 0 Å². The fourth-order valence-electron chi connectivity index (χ4n) is 1.88. The topological polar surface area (TPSA) is 70.2 Å². The first-order chi connectivity index (χ1) is 10.3. The molecule has 0 atom stereocenters. The molecular weight excluding hydrogens is 278 g/mol. The predicted octanol–water partition coefficient (Wildman–Crippen LogP) is 1.69. The molecule has 0 saturated heterocycles. The average Bonchev–Trinajstić information content (AvgIpc) is 2.43. The molecule has 0 bridgehead atoms. The van der Waals surface area contributed by atoms with Crippen LogP contribution in [0.15, 0.2) is 24.3 Å². The van der Waals surface area contributed by atoms with Crippen LogP contribution in [-0.4, -0.2) is 31.4 Å². The Morgan fingerprint density at radius 2 is 1.82 bits per heavy atom. The van der Waals surface area contributed by atoms with Crippen molar-refractivity contribution in [2.24, 2.45) is 5.41 Å². The third-order valence-corrected chi connectivity index (χ3v) is 2.97. The van der Waals surface area contributed by atoms with Gasteiger partial charge in [0, 0.05) is 38.7 Å². The van der Waals surface area contributed by atoms with Crippen molar-refractivity contribution in [3.05, 3.63) is 35.4 Å². The molecule has 0 fully saturated rings. The fraction of sp³-hybridized carbons (Fsp3) is 0.529. The highest BCUT2D eigenvalue weighted by Crippen LogP contribution is 2.09. The van der Waals surface area contributed by atoms with E-state index in [2.05, 4.69) is 36.7 Å². The lowest BCUT2D eigenvalue weighted by atomic mass is 9.97. The zero-order chi connectivity index (χ0) is 16.6. The van der Waals surface area contributed by atoms with E-state index in [4.69, 9.17) is 0 Å². The van der Waals surface area contributed by atoms with Gasteiger partial charge in [-0.3, -0.25) is 9.59 Å². The van der Waals surface area contributed by atoms with E-state index in [1.54, 1.807) is 12.1 Å². The van der Waals surface area contributed by atoms with E-state index in [-0.39, 0.29) is 17.2 Å². The molecule has 0 saturated carbocycles. The van der Waals surface area contributed by atoms with Crippen molar-refractivity contribution in [2.75, 3.05) is 19.6 Å². The molecular formula is C17H27N3O2. The van der Waals surface area contributed by atoms with E-state index < -0.39 is 0 Å². The zero-order valence-electron chi connectivity index (χ0n) is 14.0. The molecule has 0 aliphatic heterocycles. The molecule has 0 aliphatic carbocycles. The Morgan fingerprint density at radius 1 is 1.09 bits per heavy atom. The summed E-state index contributed by atoms with van der Waals surface area (Å²) < 4.78 is 0. The highest BCUT2D eigenvalue weighted by molar-refractivity contribution is 5.94. The third kappa shape index (κ3) is 7.78. The van der Waals surface area contributed by atoms with Gasteiger partial charge in [0.1, 0.15) is 0 Å².